The maximum atomic E-state index is 14.9. The van der Waals surface area contributed by atoms with Crippen molar-refractivity contribution in [3.8, 4) is 0 Å². The molecule has 5 aromatic carbocycles. The molecule has 5 aromatic heterocycles. The zero-order valence-electron chi connectivity index (χ0n) is 80.9. The highest BCUT2D eigenvalue weighted by Gasteiger charge is 2.66. The van der Waals surface area contributed by atoms with Crippen LogP contribution in [0.15, 0.2) is 143 Å². The lowest BCUT2D eigenvalue weighted by Gasteiger charge is -2.50. The summed E-state index contributed by atoms with van der Waals surface area (Å²) >= 11 is 49.5. The van der Waals surface area contributed by atoms with E-state index in [1.54, 1.807) is 26.9 Å². The van der Waals surface area contributed by atoms with E-state index in [9.17, 15) is 90.4 Å². The zero-order valence-corrected chi connectivity index (χ0v) is 94.4. The SMILES string of the molecule is CN(C)[C@H]1CC(F)CC[C@@H]1Nc1cc(F)c(S(=O)(=O)Nc2nccs2)cc1Cl.CN(C)[C@H]1CC(F)CC[C@@H]1Nc1cc(F)c(S(=O)(=O)Nc2nccs2)cc1Cl.CN(C)[C@H]1CC2C(C[C@@H]1Nc1cc(F)c(S(=O)(=O)Nc3nccs3)cc1Cl)C2(Cl)Cl.CN(C)[C@H]1CCC(F)C[C@@H]1Nc1cc(F)c(S(=O)(=O)Nc2nccs2)cc1Cl.CN1CC(N(CC(F)(F)F)[C@H]2CCCC[C@@H]2Nc2cc(F)c(S(=O)(=O)Nc3nccs3)cc2Cl)C1. The van der Waals surface area contributed by atoms with E-state index >= 15 is 0 Å². The Labute approximate surface area is 912 Å². The van der Waals surface area contributed by atoms with Crippen LogP contribution < -0.4 is 50.2 Å². The molecule has 6 saturated carbocycles. The van der Waals surface area contributed by atoms with E-state index in [1.807, 2.05) is 83.0 Å². The quantitative estimate of drug-likeness (QED) is 0.0138. The van der Waals surface area contributed by atoms with Crippen LogP contribution in [0.4, 0.5) is 102 Å². The largest absolute Gasteiger partial charge is 0.401 e. The first-order valence-electron chi connectivity index (χ1n) is 46.3. The minimum Gasteiger partial charge on any atom is -0.379 e. The van der Waals surface area contributed by atoms with Gasteiger partial charge in [-0.15, -0.1) is 79.9 Å². The van der Waals surface area contributed by atoms with Gasteiger partial charge < -0.3 is 51.1 Å². The number of fused-ring (bicyclic) bond motifs is 1. The molecule has 5 unspecified atom stereocenters. The van der Waals surface area contributed by atoms with Crippen LogP contribution >= 0.6 is 138 Å². The molecule has 6 heterocycles. The summed E-state index contributed by atoms with van der Waals surface area (Å²) in [5, 5.41) is 24.7. The lowest BCUT2D eigenvalue weighted by atomic mass is 9.87. The van der Waals surface area contributed by atoms with Gasteiger partial charge in [0, 0.05) is 144 Å². The van der Waals surface area contributed by atoms with Crippen LogP contribution in [0.3, 0.4) is 0 Å². The third-order valence-electron chi connectivity index (χ3n) is 26.3. The summed E-state index contributed by atoms with van der Waals surface area (Å²) < 4.78 is 291. The summed E-state index contributed by atoms with van der Waals surface area (Å²) in [6, 6.07) is 8.94. The maximum Gasteiger partial charge on any atom is 0.401 e. The van der Waals surface area contributed by atoms with E-state index in [2.05, 4.69) is 80.0 Å². The number of rotatable bonds is 32. The molecule has 7 aliphatic rings. The Morgan fingerprint density at radius 2 is 0.617 bits per heavy atom. The van der Waals surface area contributed by atoms with Crippen LogP contribution in [0.25, 0.3) is 0 Å². The van der Waals surface area contributed by atoms with Crippen LogP contribution in [0, 0.1) is 40.9 Å². The van der Waals surface area contributed by atoms with E-state index in [-0.39, 0.29) is 146 Å². The van der Waals surface area contributed by atoms with Gasteiger partial charge in [-0.3, -0.25) is 28.5 Å². The van der Waals surface area contributed by atoms with Crippen LogP contribution in [0.5, 0.6) is 0 Å². The van der Waals surface area contributed by atoms with Crippen LogP contribution in [0.1, 0.15) is 96.3 Å². The Morgan fingerprint density at radius 1 is 0.356 bits per heavy atom. The van der Waals surface area contributed by atoms with Gasteiger partial charge in [0.15, 0.2) is 25.7 Å². The molecule has 17 rings (SSSR count). The molecule has 1 aliphatic heterocycles. The molecular weight excluding hydrogens is 2310 g/mol. The van der Waals surface area contributed by atoms with E-state index in [1.165, 1.54) is 35.9 Å². The van der Waals surface area contributed by atoms with Crippen molar-refractivity contribution >= 4 is 242 Å². The molecule has 0 amide bonds. The first-order chi connectivity index (χ1) is 69.9. The molecular formula is C90H109Cl7F11N21O10S10. The number of hydrogen-bond donors (Lipinski definition) is 10. The summed E-state index contributed by atoms with van der Waals surface area (Å²) in [6.45, 7) is 0.0801. The standard InChI is InChI=1S/C21H26ClF4N5O2S2.C18H20Cl3FN4O2S2.3C17H21ClF2N4O2S2/c1-30-10-13(11-30)31(12-21(24,25)26)18-5-3-2-4-16(18)28-17-9-15(23)19(8-14(17)22)35(32,33)29-20-27-6-7-34-20;1-26(2)15-6-10-9(18(10,20)21)5-14(15)24-13-8-12(22)16(7-11(13)19)30(27,28)25-17-23-3-4-29-17;1-24(2)15-4-3-10(19)7-14(15)22-13-9-12(20)16(8-11(13)18)28(25,26)23-17-21-5-6-27-17;2*1-24(2)15-7-10(19)3-4-13(15)22-14-9-12(20)16(8-11(14)18)28(25,26)23-17-21-5-6-27-17/h6-9,13,16,18,28H,2-5,10-12H2,1H3,(H,27,29);3-4,7-10,14-15,24H,5-6H2,1-2H3,(H,23,25);5-6,8-10,14-15,22H,3-4,7H2,1-2H3,(H,21,23);2*5-6,8-10,13,15,22H,3-4,7H2,1-2H3,(H,21,23)/t16-,18-;9?,10?,14-,15-;10?,14-,15-;2*10?,13-,15-/m00000/s1. The van der Waals surface area contributed by atoms with E-state index < -0.39 is 151 Å². The molecule has 6 aliphatic carbocycles. The highest BCUT2D eigenvalue weighted by atomic mass is 35.5. The van der Waals surface area contributed by atoms with Gasteiger partial charge in [0.25, 0.3) is 50.1 Å². The number of nitrogens with one attached hydrogen (secondary N) is 10. The maximum absolute atomic E-state index is 14.9. The fourth-order valence-electron chi connectivity index (χ4n) is 19.0. The molecule has 0 radical (unpaired) electrons. The van der Waals surface area contributed by atoms with E-state index in [0.29, 0.717) is 89.4 Å². The number of benzene rings is 5. The first-order valence-corrected chi connectivity index (χ1v) is 60.8. The molecule has 10 N–H and O–H groups in total. The minimum absolute atomic E-state index is 0.0408. The Balaban J connectivity index is 0.000000156. The normalized spacial score (nSPS) is 23.7. The lowest BCUT2D eigenvalue weighted by molar-refractivity contribution is -0.166. The second-order valence-corrected chi connectivity index (χ2v) is 53.7. The number of hydrogen-bond acceptors (Lipinski definition) is 31. The molecule has 149 heavy (non-hydrogen) atoms. The van der Waals surface area contributed by atoms with Crippen LogP contribution in [-0.2, 0) is 50.1 Å². The highest BCUT2D eigenvalue weighted by Crippen LogP contribution is 2.66. The fraction of sp³-hybridized carbons (Fsp3) is 0.500. The van der Waals surface area contributed by atoms with Crippen LogP contribution in [0.2, 0.25) is 25.1 Å². The number of aromatic nitrogens is 5. The Bertz CT molecular complexity index is 6660. The van der Waals surface area contributed by atoms with Gasteiger partial charge in [-0.1, -0.05) is 70.8 Å². The summed E-state index contributed by atoms with van der Waals surface area (Å²) in [4.78, 5) is 27.7. The predicted molar refractivity (Wildman–Crippen MR) is 572 cm³/mol. The van der Waals surface area contributed by atoms with Crippen molar-refractivity contribution in [2.75, 3.05) is 133 Å². The number of likely N-dealkylation sites (N-methyl/N-ethyl adjacent to an activating group) is 5. The Kier molecular flexibility index (Phi) is 40.3. The van der Waals surface area contributed by atoms with Gasteiger partial charge >= 0.3 is 6.18 Å². The third kappa shape index (κ3) is 31.1. The van der Waals surface area contributed by atoms with Crippen molar-refractivity contribution in [3.05, 3.63) is 173 Å². The second kappa shape index (κ2) is 50.5. The average molecular weight is 2420 g/mol. The monoisotopic (exact) mass is 2420 g/mol. The van der Waals surface area contributed by atoms with Gasteiger partial charge in [0.1, 0.15) is 76.4 Å². The molecule has 59 heteroatoms. The highest BCUT2D eigenvalue weighted by molar-refractivity contribution is 7.94. The summed E-state index contributed by atoms with van der Waals surface area (Å²) in [5.41, 5.74) is 1.27. The van der Waals surface area contributed by atoms with Gasteiger partial charge in [-0.05, 0) is 213 Å². The number of anilines is 10. The minimum atomic E-state index is -4.35. The summed E-state index contributed by atoms with van der Waals surface area (Å²) in [6.07, 6.45) is 8.50. The molecule has 0 bridgehead atoms. The first kappa shape index (κ1) is 119. The Hall–Kier alpha value is -6.98. The molecule has 0 spiro atoms. The number of thiazole rings is 5. The van der Waals surface area contributed by atoms with E-state index in [0.717, 1.165) is 137 Å². The van der Waals surface area contributed by atoms with Gasteiger partial charge in [0.2, 0.25) is 0 Å². The van der Waals surface area contributed by atoms with Crippen molar-refractivity contribution in [3.63, 3.8) is 0 Å². The van der Waals surface area contributed by atoms with Gasteiger partial charge in [0.05, 0.1) is 60.1 Å². The average Bonchev–Trinajstić information content (AvgIpc) is 1.55. The number of likely N-dealkylation sites (tertiary alicyclic amines) is 1. The third-order valence-corrected chi connectivity index (χ3v) is 39.8. The van der Waals surface area contributed by atoms with Crippen molar-refractivity contribution in [2.24, 2.45) is 11.8 Å². The van der Waals surface area contributed by atoms with E-state index in [4.69, 9.17) is 81.2 Å². The Morgan fingerprint density at radius 3 is 0.899 bits per heavy atom. The fourth-order valence-corrected chi connectivity index (χ4v) is 30.6. The van der Waals surface area contributed by atoms with Crippen LogP contribution in [-0.4, -0.2) is 275 Å². The number of nitrogens with zero attached hydrogens (tertiary/aromatic N) is 11. The smallest absolute Gasteiger partial charge is 0.379 e. The number of sulfonamides is 5. The van der Waals surface area contributed by atoms with Gasteiger partial charge in [-0.25, -0.2) is 102 Å². The molecule has 820 valence electrons. The van der Waals surface area contributed by atoms with Crippen molar-refractivity contribution in [1.82, 2.24) is 54.3 Å². The molecule has 7 fully saturated rings. The molecule has 15 atom stereocenters. The molecule has 1 saturated heterocycles. The number of halogens is 18. The zero-order chi connectivity index (χ0) is 109. The number of alkyl halides is 8. The summed E-state index contributed by atoms with van der Waals surface area (Å²) in [5.74, 6) is -4.35. The van der Waals surface area contributed by atoms with Gasteiger partial charge in [-0.2, -0.15) is 13.2 Å². The topological polar surface area (TPSA) is 375 Å². The molecule has 10 aromatic rings. The predicted octanol–water partition coefficient (Wildman–Crippen LogP) is 21.2. The van der Waals surface area contributed by atoms with Crippen molar-refractivity contribution < 1.29 is 90.4 Å². The second-order valence-electron chi connectivity index (χ2n) is 37.5. The van der Waals surface area contributed by atoms with Crippen molar-refractivity contribution in [1.29, 1.82) is 0 Å². The summed E-state index contributed by atoms with van der Waals surface area (Å²) in [7, 11) is -3.89. The molecule has 31 nitrogen and oxygen atoms in total. The van der Waals surface area contributed by atoms with Crippen molar-refractivity contribution in [2.45, 2.75) is 216 Å². The lowest BCUT2D eigenvalue weighted by Crippen LogP contribution is -2.65.